The molecule has 8 heteroatoms. The minimum Gasteiger partial charge on any atom is -0.462 e. The molecule has 2 aromatic carbocycles. The Hall–Kier alpha value is -2.64. The van der Waals surface area contributed by atoms with Crippen LogP contribution in [-0.4, -0.2) is 55.9 Å². The number of esters is 1. The molecule has 0 spiro atoms. The molecule has 0 aliphatic carbocycles. The van der Waals surface area contributed by atoms with Crippen molar-refractivity contribution < 1.29 is 27.9 Å². The smallest absolute Gasteiger partial charge is 0.411 e. The lowest BCUT2D eigenvalue weighted by Gasteiger charge is -2.34. The molecule has 0 aromatic heterocycles. The maximum Gasteiger partial charge on any atom is 0.411 e. The van der Waals surface area contributed by atoms with Crippen LogP contribution in [0.5, 0.6) is 0 Å². The monoisotopic (exact) mass is 449 g/mol. The highest BCUT2D eigenvalue weighted by molar-refractivity contribution is 6.31. The first-order chi connectivity index (χ1) is 14.8. The Kier molecular flexibility index (Phi) is 7.51. The number of nitrogens with one attached hydrogen (secondary N) is 1. The van der Waals surface area contributed by atoms with E-state index in [1.165, 1.54) is 12.1 Å². The number of amides is 1. The van der Waals surface area contributed by atoms with Gasteiger partial charge in [-0.05, 0) is 30.7 Å². The molecular weight excluding hydrogens is 423 g/mol. The minimum atomic E-state index is -0.588. The highest BCUT2D eigenvalue weighted by Crippen LogP contribution is 2.31. The summed E-state index contributed by atoms with van der Waals surface area (Å²) in [7, 11) is 1.99. The van der Waals surface area contributed by atoms with E-state index in [0.29, 0.717) is 27.9 Å². The number of nitrogens with zero attached hydrogens (tertiary/aromatic N) is 1. The highest BCUT2D eigenvalue weighted by Gasteiger charge is 2.40. The number of hydrogen-bond donors (Lipinski definition) is 1. The van der Waals surface area contributed by atoms with Gasteiger partial charge in [0.15, 0.2) is 6.54 Å². The van der Waals surface area contributed by atoms with Gasteiger partial charge in [0.05, 0.1) is 30.9 Å². The van der Waals surface area contributed by atoms with E-state index in [0.717, 1.165) is 19.4 Å². The lowest BCUT2D eigenvalue weighted by molar-refractivity contribution is -0.914. The second-order valence-electron chi connectivity index (χ2n) is 7.86. The quantitative estimate of drug-likeness (QED) is 0.484. The molecule has 0 saturated carbocycles. The second kappa shape index (κ2) is 10.1. The van der Waals surface area contributed by atoms with Gasteiger partial charge >= 0.3 is 12.1 Å². The maximum absolute atomic E-state index is 13.5. The summed E-state index contributed by atoms with van der Waals surface area (Å²) in [5.74, 6) is -0.746. The normalized spacial score (nSPS) is 20.3. The number of hydrogen-bond acceptors (Lipinski definition) is 4. The van der Waals surface area contributed by atoms with Crippen LogP contribution in [0.15, 0.2) is 42.5 Å². The molecule has 0 bridgehead atoms. The molecule has 6 nitrogen and oxygen atoms in total. The third kappa shape index (κ3) is 5.74. The third-order valence-electron chi connectivity index (χ3n) is 5.68. The Bertz CT molecular complexity index is 955. The first kappa shape index (κ1) is 23.0. The number of anilines is 1. The van der Waals surface area contributed by atoms with E-state index in [9.17, 15) is 14.0 Å². The Balaban J connectivity index is 1.64. The first-order valence-electron chi connectivity index (χ1n) is 10.3. The van der Waals surface area contributed by atoms with Crippen LogP contribution in [0.2, 0.25) is 5.02 Å². The summed E-state index contributed by atoms with van der Waals surface area (Å²) in [4.78, 5) is 24.4. The molecule has 3 rings (SSSR count). The van der Waals surface area contributed by atoms with E-state index < -0.39 is 11.9 Å². The van der Waals surface area contributed by atoms with Crippen molar-refractivity contribution in [3.05, 3.63) is 53.3 Å². The summed E-state index contributed by atoms with van der Waals surface area (Å²) >= 11 is 5.90. The van der Waals surface area contributed by atoms with Crippen molar-refractivity contribution in [2.24, 2.45) is 0 Å². The van der Waals surface area contributed by atoms with Crippen molar-refractivity contribution in [3.8, 4) is 11.1 Å². The summed E-state index contributed by atoms with van der Waals surface area (Å²) in [6, 6.07) is 11.6. The SMILES string of the molecule is CCOC(=O)C[N+]1(C)CCC[C@H]1COC(=O)Nc1ccccc1-c1ccc(F)c(Cl)c1. The van der Waals surface area contributed by atoms with Crippen LogP contribution < -0.4 is 5.32 Å². The average molecular weight is 450 g/mol. The number of quaternary nitrogens is 1. The topological polar surface area (TPSA) is 64.6 Å². The zero-order valence-electron chi connectivity index (χ0n) is 17.7. The van der Waals surface area contributed by atoms with Crippen molar-refractivity contribution in [1.29, 1.82) is 0 Å². The molecule has 2 atom stereocenters. The molecule has 166 valence electrons. The zero-order chi connectivity index (χ0) is 22.4. The Labute approximate surface area is 186 Å². The second-order valence-corrected chi connectivity index (χ2v) is 8.27. The van der Waals surface area contributed by atoms with Gasteiger partial charge in [-0.1, -0.05) is 35.9 Å². The van der Waals surface area contributed by atoms with E-state index in [1.54, 1.807) is 25.1 Å². The summed E-state index contributed by atoms with van der Waals surface area (Å²) in [6.45, 7) is 3.43. The Morgan fingerprint density at radius 3 is 2.74 bits per heavy atom. The van der Waals surface area contributed by atoms with E-state index in [4.69, 9.17) is 21.1 Å². The van der Waals surface area contributed by atoms with Crippen molar-refractivity contribution in [2.75, 3.05) is 38.7 Å². The van der Waals surface area contributed by atoms with Gasteiger partial charge < -0.3 is 14.0 Å². The fraction of sp³-hybridized carbons (Fsp3) is 0.391. The van der Waals surface area contributed by atoms with Gasteiger partial charge in [-0.3, -0.25) is 5.32 Å². The Morgan fingerprint density at radius 2 is 2.00 bits per heavy atom. The average Bonchev–Trinajstić information content (AvgIpc) is 3.09. The van der Waals surface area contributed by atoms with Gasteiger partial charge in [-0.15, -0.1) is 0 Å². The molecule has 1 saturated heterocycles. The first-order valence-corrected chi connectivity index (χ1v) is 10.7. The van der Waals surface area contributed by atoms with Crippen molar-refractivity contribution in [1.82, 2.24) is 0 Å². The Morgan fingerprint density at radius 1 is 1.23 bits per heavy atom. The van der Waals surface area contributed by atoms with Crippen LogP contribution in [0.25, 0.3) is 11.1 Å². The molecule has 1 fully saturated rings. The van der Waals surface area contributed by atoms with Gasteiger partial charge in [0, 0.05) is 18.4 Å². The van der Waals surface area contributed by atoms with Gasteiger partial charge in [0.2, 0.25) is 0 Å². The van der Waals surface area contributed by atoms with Crippen molar-refractivity contribution >= 4 is 29.4 Å². The van der Waals surface area contributed by atoms with Crippen LogP contribution in [0.3, 0.4) is 0 Å². The lowest BCUT2D eigenvalue weighted by atomic mass is 10.0. The number of carbonyl (C=O) groups excluding carboxylic acids is 2. The molecule has 31 heavy (non-hydrogen) atoms. The molecule has 1 N–H and O–H groups in total. The molecule has 0 radical (unpaired) electrons. The molecule has 1 amide bonds. The molecular formula is C23H27ClFN2O4+. The number of para-hydroxylation sites is 1. The molecule has 1 aliphatic rings. The van der Waals surface area contributed by atoms with Crippen LogP contribution in [0, 0.1) is 5.82 Å². The van der Waals surface area contributed by atoms with Gasteiger partial charge in [-0.25, -0.2) is 14.0 Å². The zero-order valence-corrected chi connectivity index (χ0v) is 18.5. The number of halogens is 2. The molecule has 1 unspecified atom stereocenters. The minimum absolute atomic E-state index is 0.00904. The van der Waals surface area contributed by atoms with Crippen LogP contribution in [-0.2, 0) is 14.3 Å². The summed E-state index contributed by atoms with van der Waals surface area (Å²) in [5.41, 5.74) is 1.91. The summed E-state index contributed by atoms with van der Waals surface area (Å²) in [6.07, 6.45) is 1.24. The molecule has 1 aliphatic heterocycles. The highest BCUT2D eigenvalue weighted by atomic mass is 35.5. The number of likely N-dealkylation sites (tertiary alicyclic amines) is 1. The predicted octanol–water partition coefficient (Wildman–Crippen LogP) is 4.87. The number of ether oxygens (including phenoxy) is 2. The summed E-state index contributed by atoms with van der Waals surface area (Å²) < 4.78 is 24.6. The third-order valence-corrected chi connectivity index (χ3v) is 5.97. The van der Waals surface area contributed by atoms with Gasteiger partial charge in [0.25, 0.3) is 0 Å². The van der Waals surface area contributed by atoms with E-state index >= 15 is 0 Å². The fourth-order valence-electron chi connectivity index (χ4n) is 3.98. The maximum atomic E-state index is 13.5. The molecule has 2 aromatic rings. The largest absolute Gasteiger partial charge is 0.462 e. The van der Waals surface area contributed by atoms with Crippen LogP contribution in [0.4, 0.5) is 14.9 Å². The number of likely N-dealkylation sites (N-methyl/N-ethyl adjacent to an activating group) is 1. The van der Waals surface area contributed by atoms with Gasteiger partial charge in [0.1, 0.15) is 18.5 Å². The van der Waals surface area contributed by atoms with Gasteiger partial charge in [-0.2, -0.15) is 0 Å². The summed E-state index contributed by atoms with van der Waals surface area (Å²) in [5, 5.41) is 2.77. The molecule has 1 heterocycles. The predicted molar refractivity (Wildman–Crippen MR) is 117 cm³/mol. The lowest BCUT2D eigenvalue weighted by Crippen LogP contribution is -2.53. The van der Waals surface area contributed by atoms with Crippen LogP contribution >= 0.6 is 11.6 Å². The van der Waals surface area contributed by atoms with Crippen molar-refractivity contribution in [2.45, 2.75) is 25.8 Å². The fourth-order valence-corrected chi connectivity index (χ4v) is 4.16. The van der Waals surface area contributed by atoms with Crippen LogP contribution in [0.1, 0.15) is 19.8 Å². The van der Waals surface area contributed by atoms with Crippen molar-refractivity contribution in [3.63, 3.8) is 0 Å². The number of benzene rings is 2. The number of carbonyl (C=O) groups is 2. The van der Waals surface area contributed by atoms with E-state index in [1.807, 2.05) is 19.2 Å². The van der Waals surface area contributed by atoms with E-state index in [2.05, 4.69) is 5.32 Å². The number of rotatable bonds is 7. The van der Waals surface area contributed by atoms with E-state index in [-0.39, 0.29) is 30.2 Å². The standard InChI is InChI=1S/C23H26ClFN2O4/c1-3-30-22(28)14-27(2)12-6-7-17(27)15-31-23(29)26-21-9-5-4-8-18(21)16-10-11-20(25)19(24)13-16/h4-5,8-11,13,17H,3,6-7,12,14-15H2,1-2H3/p+1/t17-,27?/m0/s1.